The van der Waals surface area contributed by atoms with E-state index in [-0.39, 0.29) is 0 Å². The van der Waals surface area contributed by atoms with Gasteiger partial charge in [0, 0.05) is 29.9 Å². The normalized spacial score (nSPS) is 22.4. The van der Waals surface area contributed by atoms with Crippen molar-refractivity contribution in [3.63, 3.8) is 0 Å². The zero-order valence-electron chi connectivity index (χ0n) is 15.0. The van der Waals surface area contributed by atoms with Crippen LogP contribution in [-0.2, 0) is 0 Å². The largest absolute Gasteiger partial charge is 0.303 e. The van der Waals surface area contributed by atoms with Gasteiger partial charge in [-0.1, -0.05) is 6.92 Å². The molecular weight excluding hydrogens is 298 g/mol. The molecule has 4 heterocycles. The Labute approximate surface area is 144 Å². The second kappa shape index (κ2) is 6.81. The Morgan fingerprint density at radius 3 is 2.54 bits per heavy atom. The molecule has 0 atom stereocenters. The Morgan fingerprint density at radius 2 is 1.83 bits per heavy atom. The minimum atomic E-state index is 0.613. The van der Waals surface area contributed by atoms with Crippen molar-refractivity contribution in [3.8, 4) is 0 Å². The summed E-state index contributed by atoms with van der Waals surface area (Å²) in [6, 6.07) is 5.04. The number of likely N-dealkylation sites (tertiary alicyclic amines) is 2. The Balaban J connectivity index is 1.41. The molecule has 2 aliphatic heterocycles. The van der Waals surface area contributed by atoms with Gasteiger partial charge in [0.2, 0.25) is 0 Å². The lowest BCUT2D eigenvalue weighted by Gasteiger charge is -2.41. The quantitative estimate of drug-likeness (QED) is 0.868. The Hall–Kier alpha value is -1.46. The summed E-state index contributed by atoms with van der Waals surface area (Å²) in [5.41, 5.74) is 3.38. The molecule has 5 heteroatoms. The lowest BCUT2D eigenvalue weighted by atomic mass is 9.91. The first-order valence-electron chi connectivity index (χ1n) is 9.52. The topological polar surface area (TPSA) is 36.7 Å². The van der Waals surface area contributed by atoms with Crippen LogP contribution < -0.4 is 0 Å². The van der Waals surface area contributed by atoms with Crippen LogP contribution in [0, 0.1) is 6.92 Å². The number of fused-ring (bicyclic) bond motifs is 1. The van der Waals surface area contributed by atoms with Crippen LogP contribution in [0.25, 0.3) is 5.65 Å². The van der Waals surface area contributed by atoms with Crippen molar-refractivity contribution in [2.75, 3.05) is 32.7 Å². The Kier molecular flexibility index (Phi) is 4.55. The average molecular weight is 327 g/mol. The molecule has 0 aliphatic carbocycles. The van der Waals surface area contributed by atoms with Gasteiger partial charge in [-0.15, -0.1) is 0 Å². The summed E-state index contributed by atoms with van der Waals surface area (Å²) in [6.07, 6.45) is 7.11. The summed E-state index contributed by atoms with van der Waals surface area (Å²) < 4.78 is 2.06. The minimum Gasteiger partial charge on any atom is -0.303 e. The summed E-state index contributed by atoms with van der Waals surface area (Å²) in [7, 11) is 0. The van der Waals surface area contributed by atoms with Crippen LogP contribution in [0.1, 0.15) is 49.9 Å². The van der Waals surface area contributed by atoms with E-state index in [1.807, 2.05) is 13.1 Å². The number of rotatable bonds is 3. The van der Waals surface area contributed by atoms with Crippen molar-refractivity contribution in [3.05, 3.63) is 29.7 Å². The molecule has 0 radical (unpaired) electrons. The van der Waals surface area contributed by atoms with Crippen molar-refractivity contribution in [1.82, 2.24) is 24.4 Å². The number of hydrogen-bond acceptors (Lipinski definition) is 4. The maximum Gasteiger partial charge on any atom is 0.155 e. The highest BCUT2D eigenvalue weighted by Crippen LogP contribution is 2.30. The fraction of sp³-hybridized carbons (Fsp3) is 0.684. The molecule has 2 aromatic rings. The third-order valence-corrected chi connectivity index (χ3v) is 5.98. The average Bonchev–Trinajstić information content (AvgIpc) is 3.02. The molecule has 0 amide bonds. The van der Waals surface area contributed by atoms with E-state index in [9.17, 15) is 0 Å². The number of piperidine rings is 2. The zero-order chi connectivity index (χ0) is 16.5. The molecule has 0 N–H and O–H groups in total. The standard InChI is InChI=1S/C19H29N5/c1-3-22-10-7-17(8-11-22)23-12-5-16(6-13-23)18-4-9-20-19-14-15(2)21-24(18)19/h4,9,14,16-17H,3,5-8,10-13H2,1-2H3. The lowest BCUT2D eigenvalue weighted by Crippen LogP contribution is -2.47. The molecular formula is C19H29N5. The predicted octanol–water partition coefficient (Wildman–Crippen LogP) is 2.70. The molecule has 0 unspecified atom stereocenters. The highest BCUT2D eigenvalue weighted by atomic mass is 15.3. The van der Waals surface area contributed by atoms with Gasteiger partial charge in [-0.05, 0) is 71.4 Å². The second-order valence-electron chi connectivity index (χ2n) is 7.40. The first-order chi connectivity index (χ1) is 11.7. The SMILES string of the molecule is CCN1CCC(N2CCC(c3ccnc4cc(C)nn34)CC2)CC1. The van der Waals surface area contributed by atoms with E-state index < -0.39 is 0 Å². The third-order valence-electron chi connectivity index (χ3n) is 5.98. The molecule has 4 rings (SSSR count). The van der Waals surface area contributed by atoms with E-state index in [1.165, 1.54) is 64.1 Å². The first kappa shape index (κ1) is 16.0. The van der Waals surface area contributed by atoms with Gasteiger partial charge in [0.15, 0.2) is 5.65 Å². The molecule has 2 fully saturated rings. The van der Waals surface area contributed by atoms with E-state index in [1.54, 1.807) is 0 Å². The van der Waals surface area contributed by atoms with Crippen molar-refractivity contribution < 1.29 is 0 Å². The van der Waals surface area contributed by atoms with E-state index in [2.05, 4.69) is 43.5 Å². The van der Waals surface area contributed by atoms with Gasteiger partial charge >= 0.3 is 0 Å². The highest BCUT2D eigenvalue weighted by molar-refractivity contribution is 5.40. The summed E-state index contributed by atoms with van der Waals surface area (Å²) >= 11 is 0. The number of hydrogen-bond donors (Lipinski definition) is 0. The van der Waals surface area contributed by atoms with Gasteiger partial charge in [0.05, 0.1) is 5.69 Å². The van der Waals surface area contributed by atoms with Gasteiger partial charge in [0.1, 0.15) is 0 Å². The van der Waals surface area contributed by atoms with E-state index in [4.69, 9.17) is 0 Å². The number of nitrogens with zero attached hydrogens (tertiary/aromatic N) is 5. The molecule has 0 spiro atoms. The van der Waals surface area contributed by atoms with Crippen molar-refractivity contribution >= 4 is 5.65 Å². The number of aryl methyl sites for hydroxylation is 1. The van der Waals surface area contributed by atoms with E-state index in [0.717, 1.165) is 17.4 Å². The van der Waals surface area contributed by atoms with Crippen LogP contribution >= 0.6 is 0 Å². The number of aromatic nitrogens is 3. The van der Waals surface area contributed by atoms with Gasteiger partial charge in [-0.25, -0.2) is 9.50 Å². The lowest BCUT2D eigenvalue weighted by molar-refractivity contribution is 0.0888. The van der Waals surface area contributed by atoms with Gasteiger partial charge < -0.3 is 9.80 Å². The van der Waals surface area contributed by atoms with Crippen LogP contribution in [0.2, 0.25) is 0 Å². The van der Waals surface area contributed by atoms with Crippen LogP contribution in [0.15, 0.2) is 18.3 Å². The van der Waals surface area contributed by atoms with Gasteiger partial charge in [-0.3, -0.25) is 0 Å². The molecule has 0 aromatic carbocycles. The van der Waals surface area contributed by atoms with Gasteiger partial charge in [-0.2, -0.15) is 5.10 Å². The molecule has 2 aromatic heterocycles. The fourth-order valence-corrected chi connectivity index (χ4v) is 4.50. The summed E-state index contributed by atoms with van der Waals surface area (Å²) in [4.78, 5) is 9.77. The monoisotopic (exact) mass is 327 g/mol. The van der Waals surface area contributed by atoms with E-state index in [0.29, 0.717) is 5.92 Å². The Morgan fingerprint density at radius 1 is 1.08 bits per heavy atom. The van der Waals surface area contributed by atoms with Crippen LogP contribution in [0.3, 0.4) is 0 Å². The molecule has 5 nitrogen and oxygen atoms in total. The van der Waals surface area contributed by atoms with E-state index >= 15 is 0 Å². The second-order valence-corrected chi connectivity index (χ2v) is 7.40. The predicted molar refractivity (Wildman–Crippen MR) is 96.4 cm³/mol. The first-order valence-corrected chi connectivity index (χ1v) is 9.52. The fourth-order valence-electron chi connectivity index (χ4n) is 4.50. The Bertz CT molecular complexity index is 678. The molecule has 24 heavy (non-hydrogen) atoms. The third kappa shape index (κ3) is 3.07. The van der Waals surface area contributed by atoms with Crippen LogP contribution in [-0.4, -0.2) is 63.2 Å². The molecule has 0 bridgehead atoms. The summed E-state index contributed by atoms with van der Waals surface area (Å²) in [6.45, 7) is 10.5. The molecule has 0 saturated carbocycles. The summed E-state index contributed by atoms with van der Waals surface area (Å²) in [5, 5.41) is 4.65. The van der Waals surface area contributed by atoms with Crippen molar-refractivity contribution in [2.45, 2.75) is 51.5 Å². The molecule has 2 saturated heterocycles. The van der Waals surface area contributed by atoms with Crippen molar-refractivity contribution in [2.24, 2.45) is 0 Å². The molecule has 130 valence electrons. The maximum atomic E-state index is 4.65. The minimum absolute atomic E-state index is 0.613. The smallest absolute Gasteiger partial charge is 0.155 e. The van der Waals surface area contributed by atoms with Crippen LogP contribution in [0.4, 0.5) is 0 Å². The zero-order valence-corrected chi connectivity index (χ0v) is 15.0. The van der Waals surface area contributed by atoms with Crippen LogP contribution in [0.5, 0.6) is 0 Å². The van der Waals surface area contributed by atoms with Gasteiger partial charge in [0.25, 0.3) is 0 Å². The highest BCUT2D eigenvalue weighted by Gasteiger charge is 2.29. The summed E-state index contributed by atoms with van der Waals surface area (Å²) in [5.74, 6) is 0.613. The maximum absolute atomic E-state index is 4.65. The molecule has 2 aliphatic rings. The van der Waals surface area contributed by atoms with Crippen molar-refractivity contribution in [1.29, 1.82) is 0 Å².